The molecule has 24 heavy (non-hydrogen) atoms. The number of hydrogen-bond donors (Lipinski definition) is 1. The van der Waals surface area contributed by atoms with Crippen LogP contribution in [0.1, 0.15) is 34.5 Å². The number of nitrogens with one attached hydrogen (secondary N) is 1. The Bertz CT molecular complexity index is 761. The second kappa shape index (κ2) is 6.22. The van der Waals surface area contributed by atoms with Crippen molar-refractivity contribution in [3.63, 3.8) is 0 Å². The second-order valence-corrected chi connectivity index (χ2v) is 6.90. The number of carbonyl (C=O) groups excluding carboxylic acids is 1. The van der Waals surface area contributed by atoms with E-state index in [1.54, 1.807) is 0 Å². The summed E-state index contributed by atoms with van der Waals surface area (Å²) >= 11 is 0. The minimum absolute atomic E-state index is 0.109. The smallest absolute Gasteiger partial charge is 0.253 e. The number of aromatic amines is 1. The molecule has 2 fully saturated rings. The number of rotatable bonds is 2. The van der Waals surface area contributed by atoms with Gasteiger partial charge in [0.05, 0.1) is 13.2 Å². The zero-order valence-corrected chi connectivity index (χ0v) is 14.3. The van der Waals surface area contributed by atoms with E-state index in [9.17, 15) is 4.79 Å². The predicted octanol–water partition coefficient (Wildman–Crippen LogP) is 3.01. The quantitative estimate of drug-likeness (QED) is 0.922. The fourth-order valence-corrected chi connectivity index (χ4v) is 3.84. The third kappa shape index (κ3) is 2.72. The van der Waals surface area contributed by atoms with Crippen LogP contribution in [0.25, 0.3) is 10.9 Å². The lowest BCUT2D eigenvalue weighted by Gasteiger charge is -2.34. The van der Waals surface area contributed by atoms with Gasteiger partial charge in [-0.2, -0.15) is 0 Å². The molecule has 2 aromatic rings. The van der Waals surface area contributed by atoms with Gasteiger partial charge in [0.2, 0.25) is 0 Å². The Morgan fingerprint density at radius 2 is 2.04 bits per heavy atom. The van der Waals surface area contributed by atoms with Gasteiger partial charge in [0.1, 0.15) is 0 Å². The van der Waals surface area contributed by atoms with Crippen molar-refractivity contribution >= 4 is 16.8 Å². The first-order valence-corrected chi connectivity index (χ1v) is 8.75. The third-order valence-corrected chi connectivity index (χ3v) is 5.33. The summed E-state index contributed by atoms with van der Waals surface area (Å²) in [4.78, 5) is 18.3. The van der Waals surface area contributed by atoms with Gasteiger partial charge in [-0.3, -0.25) is 4.79 Å². The first-order chi connectivity index (χ1) is 11.6. The molecule has 0 radical (unpaired) electrons. The van der Waals surface area contributed by atoms with Crippen LogP contribution >= 0.6 is 0 Å². The van der Waals surface area contributed by atoms with Crippen molar-refractivity contribution in [2.45, 2.75) is 33.0 Å². The van der Waals surface area contributed by atoms with E-state index in [0.717, 1.165) is 41.5 Å². The van der Waals surface area contributed by atoms with E-state index in [0.29, 0.717) is 19.8 Å². The normalized spacial score (nSPS) is 22.4. The molecular formula is C19H24N2O3. The summed E-state index contributed by atoms with van der Waals surface area (Å²) in [5.74, 6) is 0.392. The molecule has 1 amide bonds. The Hall–Kier alpha value is -1.85. The van der Waals surface area contributed by atoms with E-state index < -0.39 is 0 Å². The van der Waals surface area contributed by atoms with Crippen LogP contribution in [-0.2, 0) is 9.47 Å². The van der Waals surface area contributed by atoms with Crippen LogP contribution in [0.15, 0.2) is 18.2 Å². The molecule has 5 nitrogen and oxygen atoms in total. The molecule has 1 aromatic heterocycles. The monoisotopic (exact) mass is 328 g/mol. The highest BCUT2D eigenvalue weighted by Gasteiger charge is 2.33. The fourth-order valence-electron chi connectivity index (χ4n) is 3.84. The maximum atomic E-state index is 13.0. The highest BCUT2D eigenvalue weighted by Crippen LogP contribution is 2.27. The Balaban J connectivity index is 1.55. The maximum Gasteiger partial charge on any atom is 0.253 e. The minimum Gasteiger partial charge on any atom is -0.358 e. The number of amides is 1. The van der Waals surface area contributed by atoms with Gasteiger partial charge >= 0.3 is 0 Å². The summed E-state index contributed by atoms with van der Waals surface area (Å²) in [5.41, 5.74) is 4.22. The predicted molar refractivity (Wildman–Crippen MR) is 92.1 cm³/mol. The van der Waals surface area contributed by atoms with Gasteiger partial charge in [-0.15, -0.1) is 0 Å². The first-order valence-electron chi connectivity index (χ1n) is 8.75. The van der Waals surface area contributed by atoms with Crippen molar-refractivity contribution in [1.82, 2.24) is 9.88 Å². The summed E-state index contributed by atoms with van der Waals surface area (Å²) in [6, 6.07) is 5.95. The van der Waals surface area contributed by atoms with Crippen molar-refractivity contribution < 1.29 is 14.3 Å². The molecule has 3 heterocycles. The Kier molecular flexibility index (Phi) is 4.06. The largest absolute Gasteiger partial charge is 0.358 e. The summed E-state index contributed by atoms with van der Waals surface area (Å²) in [6.07, 6.45) is 1.92. The molecule has 0 bridgehead atoms. The second-order valence-electron chi connectivity index (χ2n) is 6.90. The van der Waals surface area contributed by atoms with Crippen LogP contribution in [0.2, 0.25) is 0 Å². The number of carbonyl (C=O) groups is 1. The number of H-pyrrole nitrogens is 1. The van der Waals surface area contributed by atoms with Crippen molar-refractivity contribution in [3.8, 4) is 0 Å². The van der Waals surface area contributed by atoms with Crippen LogP contribution < -0.4 is 0 Å². The molecular weight excluding hydrogens is 304 g/mol. The molecule has 2 aliphatic rings. The summed E-state index contributed by atoms with van der Waals surface area (Å²) in [6.45, 7) is 7.01. The minimum atomic E-state index is -0.141. The van der Waals surface area contributed by atoms with Gasteiger partial charge in [-0.25, -0.2) is 0 Å². The average molecular weight is 328 g/mol. The van der Waals surface area contributed by atoms with E-state index in [1.165, 1.54) is 5.56 Å². The topological polar surface area (TPSA) is 54.6 Å². The first kappa shape index (κ1) is 15.7. The van der Waals surface area contributed by atoms with Crippen LogP contribution in [0.5, 0.6) is 0 Å². The van der Waals surface area contributed by atoms with Crippen LogP contribution in [0.3, 0.4) is 0 Å². The van der Waals surface area contributed by atoms with E-state index in [-0.39, 0.29) is 18.1 Å². The molecule has 0 saturated carbocycles. The molecule has 1 atom stereocenters. The Morgan fingerprint density at radius 1 is 1.25 bits per heavy atom. The van der Waals surface area contributed by atoms with Gasteiger partial charge < -0.3 is 19.4 Å². The number of aromatic nitrogens is 1. The number of benzene rings is 1. The molecule has 1 aromatic carbocycles. The molecule has 0 aliphatic carbocycles. The summed E-state index contributed by atoms with van der Waals surface area (Å²) < 4.78 is 11.3. The third-order valence-electron chi connectivity index (χ3n) is 5.33. The molecule has 128 valence electrons. The molecule has 2 aliphatic heterocycles. The molecule has 0 spiro atoms. The lowest BCUT2D eigenvalue weighted by atomic mass is 9.96. The molecule has 1 unspecified atom stereocenters. The maximum absolute atomic E-state index is 13.0. The molecule has 1 N–H and O–H groups in total. The van der Waals surface area contributed by atoms with Gasteiger partial charge in [0.25, 0.3) is 5.91 Å². The zero-order chi connectivity index (χ0) is 16.7. The lowest BCUT2D eigenvalue weighted by molar-refractivity contribution is -0.0969. The molecule has 4 rings (SSSR count). The average Bonchev–Trinajstić information content (AvgIpc) is 3.24. The number of nitrogens with zero attached hydrogens (tertiary/aromatic N) is 1. The standard InChI is InChI=1S/C19H24N2O3/c1-12-13(2)20-17-6-5-14(10-16(12)17)18(22)21-7-3-4-15(11-21)19-23-8-9-24-19/h5-6,10,15,19-20H,3-4,7-9,11H2,1-2H3. The number of fused-ring (bicyclic) bond motifs is 1. The number of likely N-dealkylation sites (tertiary alicyclic amines) is 1. The molecule has 2 saturated heterocycles. The lowest BCUT2D eigenvalue weighted by Crippen LogP contribution is -2.43. The summed E-state index contributed by atoms with van der Waals surface area (Å²) in [5, 5.41) is 1.13. The van der Waals surface area contributed by atoms with Crippen LogP contribution in [0.4, 0.5) is 0 Å². The highest BCUT2D eigenvalue weighted by molar-refractivity contribution is 5.99. The highest BCUT2D eigenvalue weighted by atomic mass is 16.7. The van der Waals surface area contributed by atoms with E-state index >= 15 is 0 Å². The summed E-state index contributed by atoms with van der Waals surface area (Å²) in [7, 11) is 0. The number of hydrogen-bond acceptors (Lipinski definition) is 3. The van der Waals surface area contributed by atoms with Gasteiger partial charge in [0.15, 0.2) is 6.29 Å². The number of ether oxygens (including phenoxy) is 2. The molecule has 5 heteroatoms. The zero-order valence-electron chi connectivity index (χ0n) is 14.3. The fraction of sp³-hybridized carbons (Fsp3) is 0.526. The van der Waals surface area contributed by atoms with Crippen LogP contribution in [0, 0.1) is 19.8 Å². The Labute approximate surface area is 141 Å². The SMILES string of the molecule is Cc1[nH]c2ccc(C(=O)N3CCCC(C4OCCO4)C3)cc2c1C. The van der Waals surface area contributed by atoms with Crippen molar-refractivity contribution in [2.75, 3.05) is 26.3 Å². The van der Waals surface area contributed by atoms with Crippen molar-refractivity contribution in [1.29, 1.82) is 0 Å². The van der Waals surface area contributed by atoms with Gasteiger partial charge in [-0.1, -0.05) is 0 Å². The Morgan fingerprint density at radius 3 is 2.83 bits per heavy atom. The van der Waals surface area contributed by atoms with Crippen molar-refractivity contribution in [3.05, 3.63) is 35.0 Å². The van der Waals surface area contributed by atoms with Gasteiger partial charge in [-0.05, 0) is 50.5 Å². The van der Waals surface area contributed by atoms with E-state index in [4.69, 9.17) is 9.47 Å². The van der Waals surface area contributed by atoms with E-state index in [1.807, 2.05) is 23.1 Å². The van der Waals surface area contributed by atoms with Gasteiger partial charge in [0, 0.05) is 41.2 Å². The van der Waals surface area contributed by atoms with Crippen LogP contribution in [-0.4, -0.2) is 48.4 Å². The van der Waals surface area contributed by atoms with Crippen molar-refractivity contribution in [2.24, 2.45) is 5.92 Å². The number of aryl methyl sites for hydroxylation is 2. The number of piperidine rings is 1. The van der Waals surface area contributed by atoms with E-state index in [2.05, 4.69) is 18.8 Å².